The Morgan fingerprint density at radius 1 is 1.50 bits per heavy atom. The average Bonchev–Trinajstić information content (AvgIpc) is 2.20. The summed E-state index contributed by atoms with van der Waals surface area (Å²) in [5, 5.41) is 0. The summed E-state index contributed by atoms with van der Waals surface area (Å²) in [5.41, 5.74) is 0. The summed E-state index contributed by atoms with van der Waals surface area (Å²) >= 11 is 0. The van der Waals surface area contributed by atoms with Gasteiger partial charge in [-0.25, -0.2) is 4.79 Å². The third kappa shape index (κ3) is 9.63. The highest BCUT2D eigenvalue weighted by atomic mass is 32.2. The van der Waals surface area contributed by atoms with Gasteiger partial charge in [0.1, 0.15) is 0 Å². The van der Waals surface area contributed by atoms with E-state index in [1.54, 1.807) is 11.9 Å². The zero-order valence-electron chi connectivity index (χ0n) is 9.26. The number of carbonyl (C=O) groups is 1. The minimum atomic E-state index is -3.91. The highest BCUT2D eigenvalue weighted by molar-refractivity contribution is 7.85. The zero-order valence-corrected chi connectivity index (χ0v) is 10.1. The Kier molecular flexibility index (Phi) is 6.95. The van der Waals surface area contributed by atoms with Gasteiger partial charge >= 0.3 is 5.97 Å². The summed E-state index contributed by atoms with van der Waals surface area (Å²) in [5.74, 6) is -0.767. The fourth-order valence-electron chi connectivity index (χ4n) is 0.949. The van der Waals surface area contributed by atoms with E-state index in [1.807, 2.05) is 0 Å². The Labute approximate surface area is 95.6 Å². The van der Waals surface area contributed by atoms with Crippen molar-refractivity contribution in [1.29, 1.82) is 0 Å². The summed E-state index contributed by atoms with van der Waals surface area (Å²) in [6.45, 7) is 4.34. The van der Waals surface area contributed by atoms with Gasteiger partial charge in [-0.05, 0) is 13.5 Å². The number of hydrogen-bond acceptors (Lipinski definition) is 5. The lowest BCUT2D eigenvalue weighted by molar-refractivity contribution is -0.137. The molecule has 0 atom stereocenters. The fourth-order valence-corrected chi connectivity index (χ4v) is 1.49. The lowest BCUT2D eigenvalue weighted by atomic mass is 10.4. The van der Waals surface area contributed by atoms with Gasteiger partial charge in [-0.15, -0.1) is 0 Å². The topological polar surface area (TPSA) is 83.9 Å². The SMILES string of the molecule is C=CC(=O)OCCCN(C)CCS(=O)(=O)O. The second-order valence-corrected chi connectivity index (χ2v) is 4.89. The van der Waals surface area contributed by atoms with Gasteiger partial charge in [0.15, 0.2) is 0 Å². The smallest absolute Gasteiger partial charge is 0.330 e. The Balaban J connectivity index is 3.55. The number of hydrogen-bond donors (Lipinski definition) is 1. The van der Waals surface area contributed by atoms with Crippen molar-refractivity contribution in [2.45, 2.75) is 6.42 Å². The first-order valence-corrected chi connectivity index (χ1v) is 6.39. The van der Waals surface area contributed by atoms with Gasteiger partial charge in [-0.1, -0.05) is 6.58 Å². The summed E-state index contributed by atoms with van der Waals surface area (Å²) in [6, 6.07) is 0. The molecular formula is C9H17NO5S. The first-order chi connectivity index (χ1) is 7.35. The Bertz CT molecular complexity index is 325. The molecule has 0 rings (SSSR count). The molecule has 0 fully saturated rings. The maximum absolute atomic E-state index is 10.6. The van der Waals surface area contributed by atoms with Crippen LogP contribution in [0.15, 0.2) is 12.7 Å². The predicted molar refractivity (Wildman–Crippen MR) is 59.7 cm³/mol. The standard InChI is InChI=1S/C9H17NO5S/c1-3-9(11)15-7-4-5-10(2)6-8-16(12,13)14/h3H,1,4-8H2,2H3,(H,12,13,14). The molecule has 6 nitrogen and oxygen atoms in total. The molecule has 0 radical (unpaired) electrons. The van der Waals surface area contributed by atoms with E-state index in [2.05, 4.69) is 6.58 Å². The van der Waals surface area contributed by atoms with Crippen molar-refractivity contribution < 1.29 is 22.5 Å². The molecule has 1 N–H and O–H groups in total. The van der Waals surface area contributed by atoms with Crippen molar-refractivity contribution in [3.8, 4) is 0 Å². The molecular weight excluding hydrogens is 234 g/mol. The number of esters is 1. The molecule has 0 bridgehead atoms. The minimum Gasteiger partial charge on any atom is -0.462 e. The maximum atomic E-state index is 10.6. The molecule has 16 heavy (non-hydrogen) atoms. The van der Waals surface area contributed by atoms with Crippen molar-refractivity contribution in [2.75, 3.05) is 32.5 Å². The van der Waals surface area contributed by atoms with Crippen LogP contribution >= 0.6 is 0 Å². The van der Waals surface area contributed by atoms with Crippen molar-refractivity contribution in [2.24, 2.45) is 0 Å². The molecule has 0 aliphatic rings. The lowest BCUT2D eigenvalue weighted by Gasteiger charge is -2.14. The molecule has 0 spiro atoms. The second-order valence-electron chi connectivity index (χ2n) is 3.31. The van der Waals surface area contributed by atoms with E-state index in [9.17, 15) is 13.2 Å². The van der Waals surface area contributed by atoms with E-state index in [0.717, 1.165) is 6.08 Å². The van der Waals surface area contributed by atoms with Gasteiger partial charge in [0, 0.05) is 19.2 Å². The highest BCUT2D eigenvalue weighted by Gasteiger charge is 2.07. The molecule has 94 valence electrons. The maximum Gasteiger partial charge on any atom is 0.330 e. The van der Waals surface area contributed by atoms with E-state index in [1.165, 1.54) is 0 Å². The summed E-state index contributed by atoms with van der Waals surface area (Å²) in [7, 11) is -2.18. The molecule has 0 aromatic carbocycles. The van der Waals surface area contributed by atoms with Crippen LogP contribution in [0, 0.1) is 0 Å². The van der Waals surface area contributed by atoms with Crippen LogP contribution in [0.5, 0.6) is 0 Å². The largest absolute Gasteiger partial charge is 0.462 e. The minimum absolute atomic E-state index is 0.244. The molecule has 0 aliphatic heterocycles. The zero-order chi connectivity index (χ0) is 12.6. The Morgan fingerprint density at radius 3 is 2.62 bits per heavy atom. The molecule has 0 aromatic rings. The first kappa shape index (κ1) is 15.1. The molecule has 0 saturated carbocycles. The molecule has 0 aromatic heterocycles. The third-order valence-electron chi connectivity index (χ3n) is 1.83. The molecule has 0 amide bonds. The van der Waals surface area contributed by atoms with E-state index in [0.29, 0.717) is 13.0 Å². The van der Waals surface area contributed by atoms with Crippen LogP contribution in [-0.2, 0) is 19.6 Å². The van der Waals surface area contributed by atoms with Crippen LogP contribution in [-0.4, -0.2) is 56.3 Å². The van der Waals surface area contributed by atoms with Crippen molar-refractivity contribution in [3.63, 3.8) is 0 Å². The second kappa shape index (κ2) is 7.37. The van der Waals surface area contributed by atoms with Crippen molar-refractivity contribution in [3.05, 3.63) is 12.7 Å². The van der Waals surface area contributed by atoms with Crippen LogP contribution in [0.25, 0.3) is 0 Å². The first-order valence-electron chi connectivity index (χ1n) is 4.78. The van der Waals surface area contributed by atoms with E-state index in [4.69, 9.17) is 9.29 Å². The number of rotatable bonds is 8. The van der Waals surface area contributed by atoms with Gasteiger partial charge in [-0.2, -0.15) is 8.42 Å². The Morgan fingerprint density at radius 2 is 2.12 bits per heavy atom. The normalized spacial score (nSPS) is 11.4. The van der Waals surface area contributed by atoms with Crippen LogP contribution in [0.3, 0.4) is 0 Å². The predicted octanol–water partition coefficient (Wildman–Crippen LogP) is -0.0747. The number of ether oxygens (including phenoxy) is 1. The van der Waals surface area contributed by atoms with Gasteiger partial charge in [-0.3, -0.25) is 4.55 Å². The van der Waals surface area contributed by atoms with Gasteiger partial charge in [0.2, 0.25) is 0 Å². The van der Waals surface area contributed by atoms with Crippen LogP contribution in [0.4, 0.5) is 0 Å². The molecule has 0 saturated heterocycles. The molecule has 0 unspecified atom stereocenters. The van der Waals surface area contributed by atoms with E-state index in [-0.39, 0.29) is 18.9 Å². The lowest BCUT2D eigenvalue weighted by Crippen LogP contribution is -2.27. The fraction of sp³-hybridized carbons (Fsp3) is 0.667. The quantitative estimate of drug-likeness (QED) is 0.281. The monoisotopic (exact) mass is 251 g/mol. The van der Waals surface area contributed by atoms with Gasteiger partial charge < -0.3 is 9.64 Å². The molecule has 7 heteroatoms. The highest BCUT2D eigenvalue weighted by Crippen LogP contribution is 1.92. The van der Waals surface area contributed by atoms with Crippen molar-refractivity contribution in [1.82, 2.24) is 4.90 Å². The number of nitrogens with zero attached hydrogens (tertiary/aromatic N) is 1. The average molecular weight is 251 g/mol. The van der Waals surface area contributed by atoms with Gasteiger partial charge in [0.05, 0.1) is 12.4 Å². The van der Waals surface area contributed by atoms with Crippen LogP contribution < -0.4 is 0 Å². The van der Waals surface area contributed by atoms with Gasteiger partial charge in [0.25, 0.3) is 10.1 Å². The summed E-state index contributed by atoms with van der Waals surface area (Å²) in [6.07, 6.45) is 1.68. The molecule has 0 heterocycles. The summed E-state index contributed by atoms with van der Waals surface area (Å²) < 4.78 is 34.1. The summed E-state index contributed by atoms with van der Waals surface area (Å²) in [4.78, 5) is 12.4. The third-order valence-corrected chi connectivity index (χ3v) is 2.52. The van der Waals surface area contributed by atoms with Crippen molar-refractivity contribution >= 4 is 16.1 Å². The van der Waals surface area contributed by atoms with E-state index < -0.39 is 16.1 Å². The number of carbonyl (C=O) groups excluding carboxylic acids is 1. The van der Waals surface area contributed by atoms with E-state index >= 15 is 0 Å². The van der Waals surface area contributed by atoms with Crippen LogP contribution in [0.1, 0.15) is 6.42 Å². The Hall–Kier alpha value is -0.920. The molecule has 0 aliphatic carbocycles. The van der Waals surface area contributed by atoms with Crippen LogP contribution in [0.2, 0.25) is 0 Å².